The van der Waals surface area contributed by atoms with Crippen molar-refractivity contribution in [2.24, 2.45) is 0 Å². The number of aromatic nitrogens is 2. The Morgan fingerprint density at radius 1 is 1.62 bits per heavy atom. The maximum absolute atomic E-state index is 11.7. The van der Waals surface area contributed by atoms with E-state index in [1.54, 1.807) is 0 Å². The lowest BCUT2D eigenvalue weighted by Crippen LogP contribution is -2.33. The highest BCUT2D eigenvalue weighted by Crippen LogP contribution is 2.24. The minimum Gasteiger partial charge on any atom is -0.302 e. The summed E-state index contributed by atoms with van der Waals surface area (Å²) in [6.07, 6.45) is 5.12. The molecule has 90 valence electrons. The van der Waals surface area contributed by atoms with Gasteiger partial charge in [-0.3, -0.25) is 5.10 Å². The molecule has 0 spiro atoms. The van der Waals surface area contributed by atoms with Gasteiger partial charge in [0.15, 0.2) is 0 Å². The number of likely N-dealkylation sites (N-methyl/N-ethyl adjacent to an activating group) is 1. The maximum atomic E-state index is 11.7. The molecule has 1 aliphatic rings. The van der Waals surface area contributed by atoms with Crippen LogP contribution in [0.25, 0.3) is 0 Å². The molecule has 1 fully saturated rings. The van der Waals surface area contributed by atoms with Crippen LogP contribution in [0.4, 0.5) is 0 Å². The average molecular weight is 244 g/mol. The molecule has 0 bridgehead atoms. The largest absolute Gasteiger partial charge is 0.302 e. The molecule has 0 amide bonds. The van der Waals surface area contributed by atoms with Crippen LogP contribution < -0.4 is 4.72 Å². The lowest BCUT2D eigenvalue weighted by atomic mass is 10.5. The third kappa shape index (κ3) is 2.81. The van der Waals surface area contributed by atoms with Gasteiger partial charge in [-0.25, -0.2) is 13.1 Å². The van der Waals surface area contributed by atoms with Crippen LogP contribution in [0.15, 0.2) is 17.3 Å². The van der Waals surface area contributed by atoms with Crippen molar-refractivity contribution in [2.45, 2.75) is 23.8 Å². The summed E-state index contributed by atoms with van der Waals surface area (Å²) < 4.78 is 25.9. The number of nitrogens with zero attached hydrogens (tertiary/aromatic N) is 2. The molecule has 1 aromatic rings. The third-order valence-electron chi connectivity index (χ3n) is 2.71. The topological polar surface area (TPSA) is 78.1 Å². The highest BCUT2D eigenvalue weighted by Gasteiger charge is 2.25. The van der Waals surface area contributed by atoms with Crippen molar-refractivity contribution in [1.29, 1.82) is 0 Å². The Kier molecular flexibility index (Phi) is 3.27. The highest BCUT2D eigenvalue weighted by molar-refractivity contribution is 7.89. The summed E-state index contributed by atoms with van der Waals surface area (Å²) in [5.41, 5.74) is 0. The van der Waals surface area contributed by atoms with Crippen LogP contribution in [-0.2, 0) is 10.0 Å². The summed E-state index contributed by atoms with van der Waals surface area (Å²) in [5.74, 6) is 0. The number of hydrogen-bond acceptors (Lipinski definition) is 4. The first-order valence-corrected chi connectivity index (χ1v) is 6.76. The van der Waals surface area contributed by atoms with Gasteiger partial charge in [-0.15, -0.1) is 0 Å². The molecular weight excluding hydrogens is 228 g/mol. The van der Waals surface area contributed by atoms with Crippen LogP contribution in [0.2, 0.25) is 0 Å². The minimum absolute atomic E-state index is 0.182. The summed E-state index contributed by atoms with van der Waals surface area (Å²) >= 11 is 0. The molecule has 0 unspecified atom stereocenters. The van der Waals surface area contributed by atoms with Crippen molar-refractivity contribution >= 4 is 10.0 Å². The van der Waals surface area contributed by atoms with E-state index in [9.17, 15) is 8.42 Å². The average Bonchev–Trinajstić information content (AvgIpc) is 2.92. The Balaban J connectivity index is 1.81. The van der Waals surface area contributed by atoms with Gasteiger partial charge in [0.1, 0.15) is 4.90 Å². The van der Waals surface area contributed by atoms with Gasteiger partial charge >= 0.3 is 0 Å². The molecule has 2 rings (SSSR count). The van der Waals surface area contributed by atoms with Crippen LogP contribution in [0.5, 0.6) is 0 Å². The van der Waals surface area contributed by atoms with Crippen molar-refractivity contribution in [3.8, 4) is 0 Å². The summed E-state index contributed by atoms with van der Waals surface area (Å²) in [6.45, 7) is 1.17. The highest BCUT2D eigenvalue weighted by atomic mass is 32.2. The quantitative estimate of drug-likeness (QED) is 0.725. The zero-order valence-corrected chi connectivity index (χ0v) is 10.00. The SMILES string of the molecule is CN(CCNS(=O)(=O)c1cn[nH]c1)C1CC1. The summed E-state index contributed by atoms with van der Waals surface area (Å²) in [4.78, 5) is 2.36. The second kappa shape index (κ2) is 4.52. The normalized spacial score (nSPS) is 16.9. The molecule has 2 N–H and O–H groups in total. The Labute approximate surface area is 95.1 Å². The fourth-order valence-electron chi connectivity index (χ4n) is 1.52. The van der Waals surface area contributed by atoms with E-state index in [1.807, 2.05) is 7.05 Å². The van der Waals surface area contributed by atoms with Crippen LogP contribution in [0.1, 0.15) is 12.8 Å². The van der Waals surface area contributed by atoms with Crippen molar-refractivity contribution in [1.82, 2.24) is 19.8 Å². The van der Waals surface area contributed by atoms with Gasteiger partial charge in [0.25, 0.3) is 0 Å². The molecule has 6 nitrogen and oxygen atoms in total. The molecule has 1 aromatic heterocycles. The predicted molar refractivity (Wildman–Crippen MR) is 59.4 cm³/mol. The second-order valence-electron chi connectivity index (χ2n) is 4.04. The van der Waals surface area contributed by atoms with E-state index < -0.39 is 10.0 Å². The van der Waals surface area contributed by atoms with E-state index >= 15 is 0 Å². The molecule has 0 aromatic carbocycles. The van der Waals surface area contributed by atoms with Gasteiger partial charge in [-0.2, -0.15) is 5.10 Å². The molecule has 1 aliphatic carbocycles. The van der Waals surface area contributed by atoms with Crippen LogP contribution in [-0.4, -0.2) is 49.7 Å². The Bertz CT molecular complexity index is 424. The third-order valence-corrected chi connectivity index (χ3v) is 4.14. The fourth-order valence-corrected chi connectivity index (χ4v) is 2.45. The van der Waals surface area contributed by atoms with Gasteiger partial charge in [0, 0.05) is 25.3 Å². The first kappa shape index (κ1) is 11.6. The van der Waals surface area contributed by atoms with Crippen molar-refractivity contribution in [3.05, 3.63) is 12.4 Å². The Hall–Kier alpha value is -0.920. The van der Waals surface area contributed by atoms with Crippen LogP contribution in [0.3, 0.4) is 0 Å². The van der Waals surface area contributed by atoms with Gasteiger partial charge in [0.05, 0.1) is 6.20 Å². The van der Waals surface area contributed by atoms with Crippen molar-refractivity contribution in [3.63, 3.8) is 0 Å². The van der Waals surface area contributed by atoms with E-state index in [2.05, 4.69) is 19.8 Å². The van der Waals surface area contributed by atoms with E-state index in [4.69, 9.17) is 0 Å². The molecule has 7 heteroatoms. The number of sulfonamides is 1. The fraction of sp³-hybridized carbons (Fsp3) is 0.667. The van der Waals surface area contributed by atoms with Gasteiger partial charge in [-0.05, 0) is 19.9 Å². The Morgan fingerprint density at radius 3 is 2.94 bits per heavy atom. The van der Waals surface area contributed by atoms with Crippen LogP contribution in [0, 0.1) is 0 Å². The molecule has 0 radical (unpaired) electrons. The number of hydrogen-bond donors (Lipinski definition) is 2. The zero-order valence-electron chi connectivity index (χ0n) is 9.18. The van der Waals surface area contributed by atoms with E-state index in [1.165, 1.54) is 25.2 Å². The summed E-state index contributed by atoms with van der Waals surface area (Å²) in [5, 5.41) is 6.10. The van der Waals surface area contributed by atoms with Gasteiger partial charge in [-0.1, -0.05) is 0 Å². The van der Waals surface area contributed by atoms with Crippen LogP contribution >= 0.6 is 0 Å². The molecular formula is C9H16N4O2S. The molecule has 1 saturated carbocycles. The van der Waals surface area contributed by atoms with Crippen molar-refractivity contribution < 1.29 is 8.42 Å². The number of aromatic amines is 1. The monoisotopic (exact) mass is 244 g/mol. The summed E-state index contributed by atoms with van der Waals surface area (Å²) in [7, 11) is -1.37. The Morgan fingerprint density at radius 2 is 2.38 bits per heavy atom. The number of H-pyrrole nitrogens is 1. The zero-order chi connectivity index (χ0) is 11.6. The lowest BCUT2D eigenvalue weighted by molar-refractivity contribution is 0.329. The standard InChI is InChI=1S/C9H16N4O2S/c1-13(8-2-3-8)5-4-12-16(14,15)9-6-10-11-7-9/h6-8,12H,2-5H2,1H3,(H,10,11). The maximum Gasteiger partial charge on any atom is 0.243 e. The van der Waals surface area contributed by atoms with Gasteiger partial charge < -0.3 is 4.90 Å². The lowest BCUT2D eigenvalue weighted by Gasteiger charge is -2.15. The molecule has 0 atom stereocenters. The molecule has 0 aliphatic heterocycles. The predicted octanol–water partition coefficient (Wildman–Crippen LogP) is -0.218. The van der Waals surface area contributed by atoms with Gasteiger partial charge in [0.2, 0.25) is 10.0 Å². The van der Waals surface area contributed by atoms with E-state index in [0.29, 0.717) is 12.6 Å². The minimum atomic E-state index is -3.39. The first-order valence-electron chi connectivity index (χ1n) is 5.28. The smallest absolute Gasteiger partial charge is 0.243 e. The number of nitrogens with one attached hydrogen (secondary N) is 2. The van der Waals surface area contributed by atoms with E-state index in [-0.39, 0.29) is 4.90 Å². The molecule has 1 heterocycles. The first-order chi connectivity index (χ1) is 7.59. The van der Waals surface area contributed by atoms with Crippen molar-refractivity contribution in [2.75, 3.05) is 20.1 Å². The summed E-state index contributed by atoms with van der Waals surface area (Å²) in [6, 6.07) is 0.651. The van der Waals surface area contributed by atoms with E-state index in [0.717, 1.165) is 6.54 Å². The second-order valence-corrected chi connectivity index (χ2v) is 5.81. The number of rotatable bonds is 6. The molecule has 0 saturated heterocycles. The molecule has 16 heavy (non-hydrogen) atoms.